The normalized spacial score (nSPS) is 11.3. The molecule has 0 amide bonds. The van der Waals surface area contributed by atoms with E-state index in [1.165, 1.54) is 0 Å². The molecule has 0 aromatic carbocycles. The number of unbranched alkanes of at least 4 members (excludes halogenated alkanes) is 5. The summed E-state index contributed by atoms with van der Waals surface area (Å²) in [5.41, 5.74) is 0. The van der Waals surface area contributed by atoms with E-state index in [0.29, 0.717) is 6.42 Å². The van der Waals surface area contributed by atoms with Crippen molar-refractivity contribution in [3.63, 3.8) is 0 Å². The van der Waals surface area contributed by atoms with E-state index in [1.54, 1.807) is 27.7 Å². The lowest BCUT2D eigenvalue weighted by molar-refractivity contribution is -0.265. The van der Waals surface area contributed by atoms with Gasteiger partial charge in [-0.2, -0.15) is 0 Å². The fraction of sp³-hybridized carbons (Fsp3) is 0.840. The molecule has 0 fully saturated rings. The van der Waals surface area contributed by atoms with Crippen molar-refractivity contribution < 1.29 is 38.7 Å². The van der Waals surface area contributed by atoms with Crippen LogP contribution in [-0.2, 0) is 38.7 Å². The van der Waals surface area contributed by atoms with Crippen LogP contribution in [0.15, 0.2) is 0 Å². The number of carbonyl (C=O) groups excluding carboxylic acids is 4. The van der Waals surface area contributed by atoms with Crippen LogP contribution in [0.1, 0.15) is 119 Å². The zero-order valence-electron chi connectivity index (χ0n) is 21.8. The van der Waals surface area contributed by atoms with Crippen LogP contribution in [-0.4, -0.2) is 23.9 Å². The van der Waals surface area contributed by atoms with Gasteiger partial charge < -0.3 is 0 Å². The first kappa shape index (κ1) is 33.1. The number of carbonyl (C=O) groups is 4. The zero-order valence-corrected chi connectivity index (χ0v) is 21.8. The minimum Gasteiger partial charge on any atom is -0.247 e. The Bertz CT molecular complexity index is 543. The Morgan fingerprint density at radius 1 is 0.545 bits per heavy atom. The van der Waals surface area contributed by atoms with Gasteiger partial charge in [-0.1, -0.05) is 93.4 Å². The molecular formula is C25H46O8. The Hall–Kier alpha value is -2.12. The first-order valence-electron chi connectivity index (χ1n) is 12.4. The Balaban J connectivity index is 0. The maximum absolute atomic E-state index is 11.8. The summed E-state index contributed by atoms with van der Waals surface area (Å²) >= 11 is 0. The van der Waals surface area contributed by atoms with E-state index in [1.807, 2.05) is 6.92 Å². The highest BCUT2D eigenvalue weighted by Crippen LogP contribution is 2.17. The maximum Gasteiger partial charge on any atom is 0.358 e. The molecule has 33 heavy (non-hydrogen) atoms. The molecule has 0 aliphatic heterocycles. The molecule has 0 aromatic rings. The molecule has 0 N–H and O–H groups in total. The average molecular weight is 475 g/mol. The molecule has 0 radical (unpaired) electrons. The largest absolute Gasteiger partial charge is 0.358 e. The number of hydrogen-bond donors (Lipinski definition) is 0. The van der Waals surface area contributed by atoms with Crippen molar-refractivity contribution in [3.05, 3.63) is 0 Å². The monoisotopic (exact) mass is 474 g/mol. The van der Waals surface area contributed by atoms with Crippen LogP contribution in [0.2, 0.25) is 0 Å². The van der Waals surface area contributed by atoms with Gasteiger partial charge in [0.05, 0.1) is 24.2 Å². The zero-order chi connectivity index (χ0) is 25.6. The van der Waals surface area contributed by atoms with Gasteiger partial charge in [-0.25, -0.2) is 38.7 Å². The summed E-state index contributed by atoms with van der Waals surface area (Å²) in [5, 5.41) is 0. The van der Waals surface area contributed by atoms with Crippen LogP contribution >= 0.6 is 0 Å². The van der Waals surface area contributed by atoms with Crippen molar-refractivity contribution >= 4 is 23.9 Å². The molecule has 8 nitrogen and oxygen atoms in total. The van der Waals surface area contributed by atoms with Crippen LogP contribution in [0.25, 0.3) is 0 Å². The third-order valence-electron chi connectivity index (χ3n) is 4.73. The summed E-state index contributed by atoms with van der Waals surface area (Å²) in [7, 11) is 0. The van der Waals surface area contributed by atoms with Gasteiger partial charge in [-0.3, -0.25) is 0 Å². The quantitative estimate of drug-likeness (QED) is 0.165. The summed E-state index contributed by atoms with van der Waals surface area (Å²) in [6, 6.07) is 0. The smallest absolute Gasteiger partial charge is 0.247 e. The minimum atomic E-state index is -0.517. The number of rotatable bonds is 14. The van der Waals surface area contributed by atoms with Crippen LogP contribution in [0, 0.1) is 17.8 Å². The van der Waals surface area contributed by atoms with Gasteiger partial charge >= 0.3 is 23.9 Å². The second kappa shape index (κ2) is 21.7. The Kier molecular flexibility index (Phi) is 21.7. The van der Waals surface area contributed by atoms with Crippen molar-refractivity contribution in [3.8, 4) is 0 Å². The molecule has 1 atom stereocenters. The molecule has 8 heteroatoms. The first-order chi connectivity index (χ1) is 15.6. The average Bonchev–Trinajstić information content (AvgIpc) is 2.78. The molecule has 0 aliphatic carbocycles. The number of hydrogen-bond acceptors (Lipinski definition) is 8. The van der Waals surface area contributed by atoms with E-state index >= 15 is 0 Å². The van der Waals surface area contributed by atoms with Crippen molar-refractivity contribution in [1.29, 1.82) is 0 Å². The van der Waals surface area contributed by atoms with Crippen LogP contribution in [0.5, 0.6) is 0 Å². The Labute approximate surface area is 199 Å². The standard InChI is InChI=1S/C14H26O4.C11H20O4/c1-5-7-8-10-12(9-6-2)14(16)18-17-13(15)11(3)4;1-4-5-6-7-8-10(12)14-15-11(13)9(2)3/h11-12H,5-10H2,1-4H3;9H,4-8H2,1-3H3. The van der Waals surface area contributed by atoms with E-state index < -0.39 is 23.9 Å². The fourth-order valence-electron chi connectivity index (χ4n) is 2.54. The molecule has 0 rings (SSSR count). The highest BCUT2D eigenvalue weighted by molar-refractivity contribution is 5.75. The van der Waals surface area contributed by atoms with Crippen molar-refractivity contribution in [1.82, 2.24) is 0 Å². The van der Waals surface area contributed by atoms with Gasteiger partial charge in [0, 0.05) is 0 Å². The molecule has 1 unspecified atom stereocenters. The second-order valence-corrected chi connectivity index (χ2v) is 8.76. The van der Waals surface area contributed by atoms with Crippen molar-refractivity contribution in [2.45, 2.75) is 119 Å². The predicted octanol–water partition coefficient (Wildman–Crippen LogP) is 6.25. The lowest BCUT2D eigenvalue weighted by Crippen LogP contribution is -2.21. The fourth-order valence-corrected chi connectivity index (χ4v) is 2.54. The molecule has 0 saturated carbocycles. The Morgan fingerprint density at radius 2 is 1.03 bits per heavy atom. The van der Waals surface area contributed by atoms with Crippen LogP contribution in [0.4, 0.5) is 0 Å². The molecular weight excluding hydrogens is 428 g/mol. The van der Waals surface area contributed by atoms with E-state index in [-0.39, 0.29) is 17.8 Å². The highest BCUT2D eigenvalue weighted by Gasteiger charge is 2.22. The van der Waals surface area contributed by atoms with Crippen molar-refractivity contribution in [2.75, 3.05) is 0 Å². The molecule has 0 heterocycles. The van der Waals surface area contributed by atoms with Gasteiger partial charge in [0.25, 0.3) is 0 Å². The third-order valence-corrected chi connectivity index (χ3v) is 4.73. The molecule has 0 aromatic heterocycles. The summed E-state index contributed by atoms with van der Waals surface area (Å²) < 4.78 is 0. The summed E-state index contributed by atoms with van der Waals surface area (Å²) in [6.45, 7) is 13.0. The van der Waals surface area contributed by atoms with E-state index in [9.17, 15) is 19.2 Å². The lowest BCUT2D eigenvalue weighted by atomic mass is 9.97. The molecule has 0 aliphatic rings. The third kappa shape index (κ3) is 20.2. The van der Waals surface area contributed by atoms with Gasteiger partial charge in [-0.05, 0) is 19.3 Å². The first-order valence-corrected chi connectivity index (χ1v) is 12.4. The van der Waals surface area contributed by atoms with E-state index in [4.69, 9.17) is 0 Å². The summed E-state index contributed by atoms with van der Waals surface area (Å²) in [4.78, 5) is 62.7. The SMILES string of the molecule is CCCCCC(CCC)C(=O)OOC(=O)C(C)C.CCCCCCC(=O)OOC(=O)C(C)C. The predicted molar refractivity (Wildman–Crippen MR) is 125 cm³/mol. The van der Waals surface area contributed by atoms with Gasteiger partial charge in [-0.15, -0.1) is 0 Å². The Morgan fingerprint density at radius 3 is 1.52 bits per heavy atom. The molecule has 0 spiro atoms. The maximum atomic E-state index is 11.8. The molecule has 0 bridgehead atoms. The lowest BCUT2D eigenvalue weighted by Gasteiger charge is -2.13. The van der Waals surface area contributed by atoms with Gasteiger partial charge in [0.1, 0.15) is 0 Å². The second-order valence-electron chi connectivity index (χ2n) is 8.76. The molecule has 0 saturated heterocycles. The van der Waals surface area contributed by atoms with Crippen LogP contribution < -0.4 is 0 Å². The summed E-state index contributed by atoms with van der Waals surface area (Å²) in [6.07, 6.45) is 10.1. The van der Waals surface area contributed by atoms with Gasteiger partial charge in [0.2, 0.25) is 0 Å². The van der Waals surface area contributed by atoms with Gasteiger partial charge in [0.15, 0.2) is 0 Å². The minimum absolute atomic E-state index is 0.151. The molecule has 194 valence electrons. The van der Waals surface area contributed by atoms with Crippen molar-refractivity contribution in [2.24, 2.45) is 17.8 Å². The highest BCUT2D eigenvalue weighted by atomic mass is 17.2. The van der Waals surface area contributed by atoms with Crippen LogP contribution in [0.3, 0.4) is 0 Å². The summed E-state index contributed by atoms with van der Waals surface area (Å²) in [5.74, 6) is -2.63. The van der Waals surface area contributed by atoms with E-state index in [0.717, 1.165) is 64.2 Å². The topological polar surface area (TPSA) is 105 Å². The van der Waals surface area contributed by atoms with E-state index in [2.05, 4.69) is 33.4 Å².